The van der Waals surface area contributed by atoms with Crippen molar-refractivity contribution in [2.45, 2.75) is 213 Å². The molecule has 2 atom stereocenters. The zero-order valence-electron chi connectivity index (χ0n) is 49.3. The number of H-pyrrole nitrogens is 1. The summed E-state index contributed by atoms with van der Waals surface area (Å²) in [7, 11) is 0. The first-order chi connectivity index (χ1) is 39.2. The number of aromatic nitrogens is 2. The fraction of sp³-hybridized carbons (Fsp3) is 0.797. The second kappa shape index (κ2) is 50.4. The topological polar surface area (TPSA) is 325 Å². The average molecular weight is 1150 g/mol. The number of carbonyl (C=O) groups excluding carboxylic acids is 7. The summed E-state index contributed by atoms with van der Waals surface area (Å²) in [6, 6.07) is -1.05. The molecule has 1 aromatic heterocycles. The number of hydrogen-bond donors (Lipinski definition) is 7. The van der Waals surface area contributed by atoms with Crippen LogP contribution in [-0.4, -0.2) is 163 Å². The summed E-state index contributed by atoms with van der Waals surface area (Å²) >= 11 is 0. The number of piperidine rings is 1. The van der Waals surface area contributed by atoms with Crippen molar-refractivity contribution >= 4 is 53.0 Å². The molecule has 1 fully saturated rings. The van der Waals surface area contributed by atoms with Crippen molar-refractivity contribution in [1.29, 1.82) is 0 Å². The number of carboxylic acids is 2. The number of imidazole rings is 1. The number of aryl methyl sites for hydroxylation is 1. The minimum Gasteiger partial charge on any atom is -0.481 e. The number of aliphatic carboxylic acids is 2. The highest BCUT2D eigenvalue weighted by Gasteiger charge is 2.30. The number of hydrogen-bond acceptors (Lipinski definition) is 14. The van der Waals surface area contributed by atoms with Gasteiger partial charge >= 0.3 is 11.9 Å². The zero-order valence-corrected chi connectivity index (χ0v) is 49.3. The molecule has 0 radical (unpaired) electrons. The summed E-state index contributed by atoms with van der Waals surface area (Å²) in [6.07, 6.45) is 28.4. The third kappa shape index (κ3) is 43.1. The van der Waals surface area contributed by atoms with Gasteiger partial charge in [-0.2, -0.15) is 0 Å². The second-order valence-electron chi connectivity index (χ2n) is 21.0. The summed E-state index contributed by atoms with van der Waals surface area (Å²) in [5, 5.41) is 26.0. The lowest BCUT2D eigenvalue weighted by molar-refractivity contribution is -0.143. The number of nitrogens with zero attached hydrogens (tertiary/aromatic N) is 2. The molecule has 8 N–H and O–H groups in total. The molecular formula is C59H105N7O15. The number of nitrogens with two attached hydrogens (primary N) is 1. The van der Waals surface area contributed by atoms with E-state index in [0.29, 0.717) is 123 Å². The number of ketones is 2. The Bertz CT molecular complexity index is 1870. The average Bonchev–Trinajstić information content (AvgIpc) is 3.99. The molecule has 0 bridgehead atoms. The molecule has 2 rings (SSSR count). The SMILES string of the molecule is CCC(=O)CCC(NC(=O)C1CCN(C(=O)CCCCCCCCCCCCCCCCCCC(=O)O)CC1)C(=O)O.CCCOCCOCC(=O)NCCOCCOCC(=O)NCCCC[C@H](CC(=O)CCc1cnc[nH]1)C(N)=O.[HH]. The predicted octanol–water partition coefficient (Wildman–Crippen LogP) is 7.19. The molecule has 22 nitrogen and oxygen atoms in total. The first-order valence-corrected chi connectivity index (χ1v) is 30.3. The lowest BCUT2D eigenvalue weighted by Gasteiger charge is -2.32. The van der Waals surface area contributed by atoms with Gasteiger partial charge in [0.2, 0.25) is 29.5 Å². The zero-order chi connectivity index (χ0) is 59.6. The number of likely N-dealkylation sites (tertiary alicyclic amines) is 1. The van der Waals surface area contributed by atoms with Gasteiger partial charge in [-0.1, -0.05) is 110 Å². The van der Waals surface area contributed by atoms with Crippen LogP contribution in [0.3, 0.4) is 0 Å². The van der Waals surface area contributed by atoms with Crippen LogP contribution in [0.25, 0.3) is 0 Å². The van der Waals surface area contributed by atoms with Crippen molar-refractivity contribution in [3.05, 3.63) is 18.2 Å². The summed E-state index contributed by atoms with van der Waals surface area (Å²) in [5.41, 5.74) is 6.34. The maximum Gasteiger partial charge on any atom is 0.326 e. The molecule has 1 unspecified atom stereocenters. The molecular weight excluding hydrogens is 1050 g/mol. The van der Waals surface area contributed by atoms with Crippen LogP contribution in [0.5, 0.6) is 0 Å². The van der Waals surface area contributed by atoms with Crippen LogP contribution < -0.4 is 21.7 Å². The monoisotopic (exact) mass is 1150 g/mol. The van der Waals surface area contributed by atoms with Gasteiger partial charge in [-0.3, -0.25) is 38.4 Å². The number of unbranched alkanes of at least 4 members (excludes halogenated alkanes) is 16. The molecule has 2 heterocycles. The largest absolute Gasteiger partial charge is 0.481 e. The van der Waals surface area contributed by atoms with Crippen LogP contribution in [0.4, 0.5) is 0 Å². The number of primary amides is 1. The van der Waals surface area contributed by atoms with Crippen molar-refractivity contribution in [3.63, 3.8) is 0 Å². The number of aromatic amines is 1. The fourth-order valence-corrected chi connectivity index (χ4v) is 9.04. The molecule has 0 spiro atoms. The standard InChI is InChI=1S/C33H58N2O7.C26H45N5O8.H2/c1-2-28(36)21-22-29(33(41)42)34-32(40)27-23-25-35(26-24-27)30(37)19-17-15-13-11-9-7-5-3-4-6-8-10-12-14-16-18-20-31(38)39;1-2-10-36-12-14-38-19-25(34)30-9-11-37-13-15-39-18-24(33)29-8-4-3-5-21(26(27)35)16-23(32)7-6-22-17-28-20-31-22;/h27,29H,2-26H2,1H3,(H,34,40)(H,38,39)(H,41,42);17,20-21H,2-16,18-19H2,1H3,(H2,27,35)(H,28,31)(H,29,33)(H,30,34);1H/t;21-;/m.1./s1. The highest BCUT2D eigenvalue weighted by molar-refractivity contribution is 5.87. The van der Waals surface area contributed by atoms with E-state index in [9.17, 15) is 48.3 Å². The third-order valence-electron chi connectivity index (χ3n) is 14.0. The molecule has 0 saturated carbocycles. The van der Waals surface area contributed by atoms with Gasteiger partial charge in [0.15, 0.2) is 0 Å². The van der Waals surface area contributed by atoms with Crippen LogP contribution in [-0.2, 0) is 68.5 Å². The lowest BCUT2D eigenvalue weighted by atomic mass is 9.94. The number of rotatable bonds is 52. The summed E-state index contributed by atoms with van der Waals surface area (Å²) in [6.45, 7) is 7.88. The first-order valence-electron chi connectivity index (χ1n) is 30.3. The van der Waals surface area contributed by atoms with Gasteiger partial charge < -0.3 is 60.7 Å². The second-order valence-corrected chi connectivity index (χ2v) is 21.0. The lowest BCUT2D eigenvalue weighted by Crippen LogP contribution is -2.47. The van der Waals surface area contributed by atoms with Gasteiger partial charge in [0, 0.05) is 96.5 Å². The normalized spacial score (nSPS) is 13.1. The third-order valence-corrected chi connectivity index (χ3v) is 14.0. The molecule has 0 aromatic carbocycles. The van der Waals surface area contributed by atoms with Crippen molar-refractivity contribution in [2.75, 3.05) is 79.0 Å². The Balaban J connectivity index is 0.00000159. The minimum absolute atomic E-state index is 0. The van der Waals surface area contributed by atoms with Gasteiger partial charge in [-0.15, -0.1) is 0 Å². The van der Waals surface area contributed by atoms with E-state index in [2.05, 4.69) is 25.9 Å². The number of amides is 5. The Morgan fingerprint density at radius 1 is 0.642 bits per heavy atom. The Morgan fingerprint density at radius 3 is 1.68 bits per heavy atom. The van der Waals surface area contributed by atoms with E-state index >= 15 is 0 Å². The summed E-state index contributed by atoms with van der Waals surface area (Å²) < 4.78 is 21.1. The molecule has 22 heteroatoms. The van der Waals surface area contributed by atoms with E-state index in [1.807, 2.05) is 11.8 Å². The molecule has 1 saturated heterocycles. The maximum absolute atomic E-state index is 12.6. The van der Waals surface area contributed by atoms with Crippen LogP contribution in [0, 0.1) is 11.8 Å². The van der Waals surface area contributed by atoms with E-state index in [4.69, 9.17) is 29.8 Å². The van der Waals surface area contributed by atoms with E-state index in [0.717, 1.165) is 50.6 Å². The van der Waals surface area contributed by atoms with Crippen LogP contribution in [0.1, 0.15) is 207 Å². The fourth-order valence-electron chi connectivity index (χ4n) is 9.04. The maximum atomic E-state index is 12.6. The minimum atomic E-state index is -1.12. The molecule has 466 valence electrons. The van der Waals surface area contributed by atoms with Gasteiger partial charge in [0.1, 0.15) is 30.8 Å². The van der Waals surface area contributed by atoms with Gasteiger partial charge in [-0.25, -0.2) is 9.78 Å². The van der Waals surface area contributed by atoms with E-state index in [1.165, 1.54) is 64.2 Å². The number of carbonyl (C=O) groups is 9. The van der Waals surface area contributed by atoms with E-state index < -0.39 is 29.8 Å². The Morgan fingerprint density at radius 2 is 1.17 bits per heavy atom. The van der Waals surface area contributed by atoms with Crippen molar-refractivity contribution in [2.24, 2.45) is 17.6 Å². The molecule has 1 aliphatic heterocycles. The molecule has 1 aliphatic rings. The smallest absolute Gasteiger partial charge is 0.326 e. The number of ether oxygens (including phenoxy) is 4. The number of Topliss-reactive ketones (excluding diaryl/α,β-unsaturated/α-hetero) is 2. The summed E-state index contributed by atoms with van der Waals surface area (Å²) in [5.74, 6) is -3.74. The number of carboxylic acid groups (broad SMARTS) is 2. The Hall–Kier alpha value is -5.32. The molecule has 1 aromatic rings. The van der Waals surface area contributed by atoms with Crippen LogP contribution in [0.15, 0.2) is 12.5 Å². The van der Waals surface area contributed by atoms with Crippen molar-refractivity contribution < 1.29 is 73.7 Å². The quantitative estimate of drug-likeness (QED) is 0.0317. The highest BCUT2D eigenvalue weighted by atomic mass is 16.5. The van der Waals surface area contributed by atoms with Crippen molar-refractivity contribution in [1.82, 2.24) is 30.8 Å². The molecule has 81 heavy (non-hydrogen) atoms. The Labute approximate surface area is 483 Å². The van der Waals surface area contributed by atoms with Crippen molar-refractivity contribution in [3.8, 4) is 0 Å². The number of nitrogens with one attached hydrogen (secondary N) is 4. The highest BCUT2D eigenvalue weighted by Crippen LogP contribution is 2.21. The Kier molecular flexibility index (Phi) is 45.9. The van der Waals surface area contributed by atoms with Gasteiger partial charge in [-0.05, 0) is 57.8 Å². The van der Waals surface area contributed by atoms with Crippen LogP contribution in [0.2, 0.25) is 0 Å². The van der Waals surface area contributed by atoms with Gasteiger partial charge in [0.05, 0.1) is 39.4 Å². The van der Waals surface area contributed by atoms with Gasteiger partial charge in [0.25, 0.3) is 0 Å². The van der Waals surface area contributed by atoms with E-state index in [-0.39, 0.29) is 81.6 Å². The first kappa shape index (κ1) is 73.7. The molecule has 0 aliphatic carbocycles. The van der Waals surface area contributed by atoms with Crippen LogP contribution >= 0.6 is 0 Å². The van der Waals surface area contributed by atoms with E-state index in [1.54, 1.807) is 19.4 Å². The molecule has 5 amide bonds. The summed E-state index contributed by atoms with van der Waals surface area (Å²) in [4.78, 5) is 115. The predicted molar refractivity (Wildman–Crippen MR) is 309 cm³/mol.